The maximum absolute atomic E-state index is 10.9. The number of rotatable bonds is 2. The summed E-state index contributed by atoms with van der Waals surface area (Å²) in [6, 6.07) is 4.61. The van der Waals surface area contributed by atoms with Gasteiger partial charge in [0.05, 0.1) is 17.1 Å². The highest BCUT2D eigenvalue weighted by atomic mass is 16.6. The second-order valence-electron chi connectivity index (χ2n) is 4.01. The maximum atomic E-state index is 10.9. The molecule has 17 heavy (non-hydrogen) atoms. The topological polar surface area (TPSA) is 113 Å². The first-order valence-electron chi connectivity index (χ1n) is 5.14. The van der Waals surface area contributed by atoms with Crippen LogP contribution in [0.1, 0.15) is 0 Å². The number of hydrogen-bond donors (Lipinski definition) is 3. The first kappa shape index (κ1) is 11.6. The van der Waals surface area contributed by atoms with E-state index in [-0.39, 0.29) is 24.5 Å². The fraction of sp³-hybridized carbons (Fsp3) is 0.400. The third-order valence-electron chi connectivity index (χ3n) is 2.83. The van der Waals surface area contributed by atoms with Gasteiger partial charge >= 0.3 is 5.69 Å². The number of benzene rings is 1. The molecule has 2 rings (SSSR count). The van der Waals surface area contributed by atoms with Crippen LogP contribution in [-0.4, -0.2) is 40.4 Å². The number of hydrogen-bond acceptors (Lipinski definition) is 6. The van der Waals surface area contributed by atoms with E-state index in [1.54, 1.807) is 17.0 Å². The zero-order chi connectivity index (χ0) is 12.6. The fourth-order valence-electron chi connectivity index (χ4n) is 1.97. The quantitative estimate of drug-likeness (QED) is 0.371. The summed E-state index contributed by atoms with van der Waals surface area (Å²) in [6.45, 7) is 0.316. The molecule has 0 amide bonds. The molecule has 7 heteroatoms. The van der Waals surface area contributed by atoms with Crippen LogP contribution in [-0.2, 0) is 0 Å². The Kier molecular flexibility index (Phi) is 2.86. The summed E-state index contributed by atoms with van der Waals surface area (Å²) in [5, 5.41) is 29.8. The zero-order valence-corrected chi connectivity index (χ0v) is 8.98. The summed E-state index contributed by atoms with van der Waals surface area (Å²) >= 11 is 0. The molecule has 1 aliphatic rings. The Morgan fingerprint density at radius 2 is 1.94 bits per heavy atom. The van der Waals surface area contributed by atoms with Gasteiger partial charge in [-0.25, -0.2) is 0 Å². The molecule has 1 heterocycles. The smallest absolute Gasteiger partial charge is 0.315 e. The van der Waals surface area contributed by atoms with E-state index in [2.05, 4.69) is 0 Å². The molecular formula is C10H13N3O4. The summed E-state index contributed by atoms with van der Waals surface area (Å²) in [6.07, 6.45) is -1.79. The molecule has 0 spiro atoms. The van der Waals surface area contributed by atoms with E-state index in [9.17, 15) is 20.3 Å². The zero-order valence-electron chi connectivity index (χ0n) is 8.98. The number of nitro groups is 1. The number of nitrogens with zero attached hydrogens (tertiary/aromatic N) is 2. The van der Waals surface area contributed by atoms with Crippen LogP contribution in [0.25, 0.3) is 0 Å². The van der Waals surface area contributed by atoms with Crippen LogP contribution in [0, 0.1) is 10.1 Å². The molecule has 1 aromatic carbocycles. The number of β-amino-alcohol motifs (C(OH)–C–C–N with tert-alkyl or cyclic N) is 2. The van der Waals surface area contributed by atoms with E-state index in [4.69, 9.17) is 5.73 Å². The molecule has 2 unspecified atom stereocenters. The molecule has 92 valence electrons. The van der Waals surface area contributed by atoms with E-state index < -0.39 is 17.1 Å². The number of anilines is 2. The Hall–Kier alpha value is -1.86. The predicted molar refractivity (Wildman–Crippen MR) is 61.7 cm³/mol. The van der Waals surface area contributed by atoms with Gasteiger partial charge in [0.2, 0.25) is 0 Å². The molecule has 0 bridgehead atoms. The highest BCUT2D eigenvalue weighted by molar-refractivity contribution is 5.75. The molecule has 4 N–H and O–H groups in total. The summed E-state index contributed by atoms with van der Waals surface area (Å²) in [4.78, 5) is 11.9. The van der Waals surface area contributed by atoms with Crippen molar-refractivity contribution in [3.8, 4) is 0 Å². The molecule has 0 aliphatic carbocycles. The average molecular weight is 239 g/mol. The van der Waals surface area contributed by atoms with Gasteiger partial charge in [-0.1, -0.05) is 6.07 Å². The van der Waals surface area contributed by atoms with Gasteiger partial charge in [-0.05, 0) is 12.1 Å². The van der Waals surface area contributed by atoms with Crippen molar-refractivity contribution in [1.82, 2.24) is 0 Å². The Bertz CT molecular complexity index is 441. The van der Waals surface area contributed by atoms with Gasteiger partial charge in [-0.3, -0.25) is 10.1 Å². The summed E-state index contributed by atoms with van der Waals surface area (Å²) in [5.74, 6) is 0. The monoisotopic (exact) mass is 239 g/mol. The van der Waals surface area contributed by atoms with Crippen molar-refractivity contribution in [2.24, 2.45) is 0 Å². The maximum Gasteiger partial charge on any atom is 0.315 e. The van der Waals surface area contributed by atoms with Crippen molar-refractivity contribution in [2.45, 2.75) is 12.2 Å². The molecule has 0 saturated carbocycles. The van der Waals surface area contributed by atoms with Crippen LogP contribution in [0.3, 0.4) is 0 Å². The molecule has 7 nitrogen and oxygen atoms in total. The highest BCUT2D eigenvalue weighted by Crippen LogP contribution is 2.35. The van der Waals surface area contributed by atoms with E-state index in [0.717, 1.165) is 0 Å². The van der Waals surface area contributed by atoms with Crippen molar-refractivity contribution in [3.05, 3.63) is 28.3 Å². The van der Waals surface area contributed by atoms with Gasteiger partial charge in [0.1, 0.15) is 11.4 Å². The first-order valence-corrected chi connectivity index (χ1v) is 5.14. The number of nitrogen functional groups attached to an aromatic ring is 1. The highest BCUT2D eigenvalue weighted by Gasteiger charge is 2.33. The molecule has 2 atom stereocenters. The minimum atomic E-state index is -0.893. The third-order valence-corrected chi connectivity index (χ3v) is 2.83. The average Bonchev–Trinajstić information content (AvgIpc) is 2.58. The van der Waals surface area contributed by atoms with E-state index >= 15 is 0 Å². The lowest BCUT2D eigenvalue weighted by atomic mass is 10.2. The predicted octanol–water partition coefficient (Wildman–Crippen LogP) is -0.281. The Morgan fingerprint density at radius 1 is 1.35 bits per heavy atom. The van der Waals surface area contributed by atoms with Crippen molar-refractivity contribution in [2.75, 3.05) is 23.7 Å². The number of nitrogens with two attached hydrogens (primary N) is 1. The minimum Gasteiger partial charge on any atom is -0.393 e. The summed E-state index contributed by atoms with van der Waals surface area (Å²) < 4.78 is 0. The second kappa shape index (κ2) is 4.19. The second-order valence-corrected chi connectivity index (χ2v) is 4.01. The molecule has 1 saturated heterocycles. The van der Waals surface area contributed by atoms with Gasteiger partial charge in [0.25, 0.3) is 0 Å². The Balaban J connectivity index is 2.39. The third kappa shape index (κ3) is 2.02. The van der Waals surface area contributed by atoms with Crippen molar-refractivity contribution in [3.63, 3.8) is 0 Å². The van der Waals surface area contributed by atoms with Crippen LogP contribution in [0.4, 0.5) is 17.1 Å². The van der Waals surface area contributed by atoms with Crippen LogP contribution in [0.15, 0.2) is 18.2 Å². The van der Waals surface area contributed by atoms with Crippen molar-refractivity contribution < 1.29 is 15.1 Å². The molecule has 1 aliphatic heterocycles. The lowest BCUT2D eigenvalue weighted by Crippen LogP contribution is -2.22. The molecule has 0 radical (unpaired) electrons. The van der Waals surface area contributed by atoms with Crippen molar-refractivity contribution >= 4 is 17.1 Å². The Labute approximate surface area is 97.2 Å². The standard InChI is InChI=1S/C10H13N3O4/c11-6-2-1-3-7(10(6)13(16)17)12-4-8(14)9(15)5-12/h1-3,8-9,14-15H,4-5,11H2. The van der Waals surface area contributed by atoms with Crippen LogP contribution >= 0.6 is 0 Å². The van der Waals surface area contributed by atoms with Crippen LogP contribution in [0.5, 0.6) is 0 Å². The minimum absolute atomic E-state index is 0.0726. The number of aliphatic hydroxyl groups is 2. The number of nitro benzene ring substituents is 1. The van der Waals surface area contributed by atoms with E-state index in [1.165, 1.54) is 6.07 Å². The first-order chi connectivity index (χ1) is 8.00. The largest absolute Gasteiger partial charge is 0.393 e. The Morgan fingerprint density at radius 3 is 2.47 bits per heavy atom. The molecule has 0 aromatic heterocycles. The van der Waals surface area contributed by atoms with Gasteiger partial charge in [0.15, 0.2) is 0 Å². The molecule has 1 fully saturated rings. The number of para-hydroxylation sites is 1. The normalized spacial score (nSPS) is 24.0. The van der Waals surface area contributed by atoms with Gasteiger partial charge in [0, 0.05) is 13.1 Å². The van der Waals surface area contributed by atoms with Gasteiger partial charge in [-0.15, -0.1) is 0 Å². The SMILES string of the molecule is Nc1cccc(N2CC(O)C(O)C2)c1[N+](=O)[O-]. The molecular weight excluding hydrogens is 226 g/mol. The summed E-state index contributed by atoms with van der Waals surface area (Å²) in [5.41, 5.74) is 5.78. The fourth-order valence-corrected chi connectivity index (χ4v) is 1.97. The van der Waals surface area contributed by atoms with E-state index in [1.807, 2.05) is 0 Å². The number of aliphatic hydroxyl groups excluding tert-OH is 2. The van der Waals surface area contributed by atoms with Crippen LogP contribution < -0.4 is 10.6 Å². The lowest BCUT2D eigenvalue weighted by Gasteiger charge is -2.17. The van der Waals surface area contributed by atoms with Crippen LogP contribution in [0.2, 0.25) is 0 Å². The van der Waals surface area contributed by atoms with Gasteiger partial charge < -0.3 is 20.8 Å². The lowest BCUT2D eigenvalue weighted by molar-refractivity contribution is -0.383. The van der Waals surface area contributed by atoms with E-state index in [0.29, 0.717) is 5.69 Å². The van der Waals surface area contributed by atoms with Crippen molar-refractivity contribution in [1.29, 1.82) is 0 Å². The van der Waals surface area contributed by atoms with Gasteiger partial charge in [-0.2, -0.15) is 0 Å². The summed E-state index contributed by atoms with van der Waals surface area (Å²) in [7, 11) is 0. The molecule has 1 aromatic rings.